The first kappa shape index (κ1) is 16.2. The van der Waals surface area contributed by atoms with Crippen molar-refractivity contribution in [3.8, 4) is 0 Å². The number of benzene rings is 1. The van der Waals surface area contributed by atoms with Crippen LogP contribution in [-0.4, -0.2) is 25.7 Å². The molecule has 3 N–H and O–H groups in total. The Bertz CT molecular complexity index is 809. The predicted octanol–water partition coefficient (Wildman–Crippen LogP) is 1.21. The molecular weight excluding hydrogens is 304 g/mol. The highest BCUT2D eigenvalue weighted by molar-refractivity contribution is 5.90. The molecule has 10 nitrogen and oxygen atoms in total. The Balaban J connectivity index is 2.11. The van der Waals surface area contributed by atoms with Crippen molar-refractivity contribution in [1.82, 2.24) is 20.1 Å². The SMILES string of the molecule is Cc1c(NC(=O)N[C@@H](C)c2n[nH]c(=O)n2C)cccc1[N+](=O)[O-]. The number of anilines is 1. The van der Waals surface area contributed by atoms with E-state index in [1.165, 1.54) is 23.7 Å². The fourth-order valence-electron chi connectivity index (χ4n) is 2.12. The zero-order chi connectivity index (χ0) is 17.1. The summed E-state index contributed by atoms with van der Waals surface area (Å²) >= 11 is 0. The summed E-state index contributed by atoms with van der Waals surface area (Å²) in [6, 6.07) is 3.33. The van der Waals surface area contributed by atoms with Gasteiger partial charge in [-0.25, -0.2) is 14.7 Å². The maximum absolute atomic E-state index is 12.0. The molecule has 1 heterocycles. The Morgan fingerprint density at radius 2 is 2.17 bits per heavy atom. The van der Waals surface area contributed by atoms with Crippen molar-refractivity contribution in [2.45, 2.75) is 19.9 Å². The van der Waals surface area contributed by atoms with Crippen LogP contribution in [0.5, 0.6) is 0 Å². The molecule has 10 heteroatoms. The van der Waals surface area contributed by atoms with Gasteiger partial charge in [0.05, 0.1) is 22.2 Å². The number of urea groups is 1. The highest BCUT2D eigenvalue weighted by Gasteiger charge is 2.18. The molecular formula is C13H16N6O4. The van der Waals surface area contributed by atoms with Gasteiger partial charge in [-0.2, -0.15) is 5.10 Å². The van der Waals surface area contributed by atoms with Gasteiger partial charge in [0.2, 0.25) is 0 Å². The second-order valence-corrected chi connectivity index (χ2v) is 4.97. The van der Waals surface area contributed by atoms with Crippen LogP contribution in [0, 0.1) is 17.0 Å². The van der Waals surface area contributed by atoms with E-state index < -0.39 is 17.0 Å². The second-order valence-electron chi connectivity index (χ2n) is 4.97. The number of amides is 2. The molecule has 1 aromatic heterocycles. The van der Waals surface area contributed by atoms with Crippen LogP contribution in [0.2, 0.25) is 0 Å². The highest BCUT2D eigenvalue weighted by Crippen LogP contribution is 2.25. The lowest BCUT2D eigenvalue weighted by atomic mass is 10.1. The lowest BCUT2D eigenvalue weighted by Crippen LogP contribution is -2.33. The average Bonchev–Trinajstić information content (AvgIpc) is 2.81. The van der Waals surface area contributed by atoms with Gasteiger partial charge in [-0.05, 0) is 19.9 Å². The molecule has 1 atom stereocenters. The first-order valence-corrected chi connectivity index (χ1v) is 6.74. The van der Waals surface area contributed by atoms with E-state index >= 15 is 0 Å². The van der Waals surface area contributed by atoms with E-state index in [9.17, 15) is 19.7 Å². The summed E-state index contributed by atoms with van der Waals surface area (Å²) in [7, 11) is 1.53. The van der Waals surface area contributed by atoms with E-state index in [2.05, 4.69) is 20.8 Å². The van der Waals surface area contributed by atoms with Crippen molar-refractivity contribution in [3.05, 3.63) is 50.2 Å². The molecule has 2 amide bonds. The van der Waals surface area contributed by atoms with Crippen LogP contribution in [0.25, 0.3) is 0 Å². The minimum Gasteiger partial charge on any atom is -0.328 e. The monoisotopic (exact) mass is 320 g/mol. The zero-order valence-corrected chi connectivity index (χ0v) is 12.8. The molecule has 2 rings (SSSR count). The van der Waals surface area contributed by atoms with E-state index in [0.29, 0.717) is 17.1 Å². The number of carbonyl (C=O) groups excluding carboxylic acids is 1. The molecule has 0 unspecified atom stereocenters. The van der Waals surface area contributed by atoms with Crippen LogP contribution in [0.15, 0.2) is 23.0 Å². The van der Waals surface area contributed by atoms with Gasteiger partial charge in [-0.15, -0.1) is 0 Å². The summed E-state index contributed by atoms with van der Waals surface area (Å²) in [4.78, 5) is 33.7. The molecule has 2 aromatic rings. The van der Waals surface area contributed by atoms with Crippen molar-refractivity contribution in [3.63, 3.8) is 0 Å². The fraction of sp³-hybridized carbons (Fsp3) is 0.308. The van der Waals surface area contributed by atoms with E-state index in [4.69, 9.17) is 0 Å². The summed E-state index contributed by atoms with van der Waals surface area (Å²) in [5.41, 5.74) is 0.224. The second kappa shape index (κ2) is 6.30. The molecule has 23 heavy (non-hydrogen) atoms. The van der Waals surface area contributed by atoms with Crippen LogP contribution >= 0.6 is 0 Å². The van der Waals surface area contributed by atoms with Gasteiger partial charge in [0, 0.05) is 13.1 Å². The van der Waals surface area contributed by atoms with E-state index in [1.807, 2.05) is 0 Å². The Kier molecular flexibility index (Phi) is 4.44. The van der Waals surface area contributed by atoms with Gasteiger partial charge in [0.1, 0.15) is 0 Å². The average molecular weight is 320 g/mol. The standard InChI is InChI=1S/C13H16N6O4/c1-7-9(5-4-6-10(7)19(22)23)15-12(20)14-8(2)11-16-17-13(21)18(11)3/h4-6,8H,1-3H3,(H,17,21)(H2,14,15,20)/t8-/m0/s1. The lowest BCUT2D eigenvalue weighted by molar-refractivity contribution is -0.385. The topological polar surface area (TPSA) is 135 Å². The lowest BCUT2D eigenvalue weighted by Gasteiger charge is -2.14. The number of nitrogens with one attached hydrogen (secondary N) is 3. The number of nitro benzene ring substituents is 1. The molecule has 1 aromatic carbocycles. The van der Waals surface area contributed by atoms with Gasteiger partial charge < -0.3 is 10.6 Å². The van der Waals surface area contributed by atoms with Gasteiger partial charge >= 0.3 is 11.7 Å². The third kappa shape index (κ3) is 3.36. The minimum absolute atomic E-state index is 0.0782. The quantitative estimate of drug-likeness (QED) is 0.574. The van der Waals surface area contributed by atoms with Gasteiger partial charge in [0.25, 0.3) is 5.69 Å². The van der Waals surface area contributed by atoms with Crippen molar-refractivity contribution in [1.29, 1.82) is 0 Å². The van der Waals surface area contributed by atoms with Crippen LogP contribution in [-0.2, 0) is 7.05 Å². The summed E-state index contributed by atoms with van der Waals surface area (Å²) in [6.07, 6.45) is 0. The summed E-state index contributed by atoms with van der Waals surface area (Å²) < 4.78 is 1.28. The van der Waals surface area contributed by atoms with Crippen LogP contribution in [0.3, 0.4) is 0 Å². The smallest absolute Gasteiger partial charge is 0.328 e. The molecule has 0 aliphatic carbocycles. The van der Waals surface area contributed by atoms with E-state index in [-0.39, 0.29) is 11.4 Å². The van der Waals surface area contributed by atoms with Gasteiger partial charge in [-0.3, -0.25) is 14.7 Å². The number of carbonyl (C=O) groups is 1. The molecule has 0 bridgehead atoms. The Hall–Kier alpha value is -3.17. The third-order valence-corrected chi connectivity index (χ3v) is 3.40. The molecule has 0 radical (unpaired) electrons. The molecule has 0 saturated carbocycles. The Morgan fingerprint density at radius 3 is 2.74 bits per heavy atom. The molecule has 0 fully saturated rings. The highest BCUT2D eigenvalue weighted by atomic mass is 16.6. The Morgan fingerprint density at radius 1 is 1.48 bits per heavy atom. The van der Waals surface area contributed by atoms with Gasteiger partial charge in [-0.1, -0.05) is 6.07 Å². The Labute approximate surface area is 130 Å². The number of rotatable bonds is 4. The van der Waals surface area contributed by atoms with Crippen LogP contribution in [0.4, 0.5) is 16.2 Å². The molecule has 122 valence electrons. The fourth-order valence-corrected chi connectivity index (χ4v) is 2.12. The number of aromatic nitrogens is 3. The first-order valence-electron chi connectivity index (χ1n) is 6.74. The number of H-pyrrole nitrogens is 1. The molecule has 0 saturated heterocycles. The molecule has 0 aliphatic heterocycles. The van der Waals surface area contributed by atoms with Crippen LogP contribution in [0.1, 0.15) is 24.4 Å². The van der Waals surface area contributed by atoms with Crippen molar-refractivity contribution < 1.29 is 9.72 Å². The summed E-state index contributed by atoms with van der Waals surface area (Å²) in [5, 5.41) is 22.2. The third-order valence-electron chi connectivity index (χ3n) is 3.40. The largest absolute Gasteiger partial charge is 0.343 e. The van der Waals surface area contributed by atoms with E-state index in [0.717, 1.165) is 0 Å². The number of nitrogens with zero attached hydrogens (tertiary/aromatic N) is 3. The summed E-state index contributed by atoms with van der Waals surface area (Å²) in [6.45, 7) is 3.21. The molecule has 0 spiro atoms. The number of hydrogen-bond acceptors (Lipinski definition) is 5. The maximum Gasteiger partial charge on any atom is 0.343 e. The number of nitro groups is 1. The normalized spacial score (nSPS) is 11.8. The van der Waals surface area contributed by atoms with Crippen molar-refractivity contribution in [2.24, 2.45) is 7.05 Å². The molecule has 0 aliphatic rings. The van der Waals surface area contributed by atoms with Crippen molar-refractivity contribution in [2.75, 3.05) is 5.32 Å². The van der Waals surface area contributed by atoms with Crippen molar-refractivity contribution >= 4 is 17.4 Å². The zero-order valence-electron chi connectivity index (χ0n) is 12.8. The minimum atomic E-state index is -0.559. The number of hydrogen-bond donors (Lipinski definition) is 3. The maximum atomic E-state index is 12.0. The van der Waals surface area contributed by atoms with E-state index in [1.54, 1.807) is 19.9 Å². The predicted molar refractivity (Wildman–Crippen MR) is 82.2 cm³/mol. The summed E-state index contributed by atoms with van der Waals surface area (Å²) in [5.74, 6) is 0.362. The number of aromatic amines is 1. The van der Waals surface area contributed by atoms with Crippen LogP contribution < -0.4 is 16.3 Å². The first-order chi connectivity index (χ1) is 10.8. The van der Waals surface area contributed by atoms with Gasteiger partial charge in [0.15, 0.2) is 5.82 Å².